The van der Waals surface area contributed by atoms with Crippen LogP contribution < -0.4 is 10.1 Å². The van der Waals surface area contributed by atoms with E-state index in [-0.39, 0.29) is 0 Å². The quantitative estimate of drug-likeness (QED) is 0.795. The molecule has 1 N–H and O–H groups in total. The second-order valence-electron chi connectivity index (χ2n) is 4.98. The Morgan fingerprint density at radius 3 is 2.90 bits per heavy atom. The van der Waals surface area contributed by atoms with Crippen molar-refractivity contribution in [2.24, 2.45) is 0 Å². The molecule has 1 aromatic carbocycles. The predicted octanol–water partition coefficient (Wildman–Crippen LogP) is 4.39. The minimum absolute atomic E-state index is 0.512. The van der Waals surface area contributed by atoms with Crippen molar-refractivity contribution in [3.05, 3.63) is 45.3 Å². The fraction of sp³-hybridized carbons (Fsp3) is 0.333. The molecule has 1 saturated carbocycles. The van der Waals surface area contributed by atoms with Crippen molar-refractivity contribution >= 4 is 33.3 Å². The number of hydrogen-bond acceptors (Lipinski definition) is 4. The first-order valence-electron chi connectivity index (χ1n) is 6.77. The number of anilines is 1. The SMILES string of the molecule is COc1cccc(Cl)c1CNc1cc(Br)nc(C2CC2)n1. The molecular formula is C15H15BrClN3O. The lowest BCUT2D eigenvalue weighted by atomic mass is 10.2. The van der Waals surface area contributed by atoms with Crippen molar-refractivity contribution < 1.29 is 4.74 Å². The van der Waals surface area contributed by atoms with E-state index >= 15 is 0 Å². The third kappa shape index (κ3) is 3.47. The van der Waals surface area contributed by atoms with Crippen LogP contribution in [-0.4, -0.2) is 17.1 Å². The highest BCUT2D eigenvalue weighted by Crippen LogP contribution is 2.39. The number of hydrogen-bond donors (Lipinski definition) is 1. The summed E-state index contributed by atoms with van der Waals surface area (Å²) in [6, 6.07) is 7.49. The summed E-state index contributed by atoms with van der Waals surface area (Å²) >= 11 is 9.67. The molecule has 21 heavy (non-hydrogen) atoms. The maximum atomic E-state index is 6.24. The lowest BCUT2D eigenvalue weighted by Crippen LogP contribution is -2.06. The Morgan fingerprint density at radius 1 is 1.38 bits per heavy atom. The summed E-state index contributed by atoms with van der Waals surface area (Å²) in [6.07, 6.45) is 2.35. The molecule has 0 saturated heterocycles. The summed E-state index contributed by atoms with van der Waals surface area (Å²) in [5.74, 6) is 2.97. The zero-order valence-corrected chi connectivity index (χ0v) is 13.9. The van der Waals surface area contributed by atoms with Crippen molar-refractivity contribution in [1.82, 2.24) is 9.97 Å². The molecule has 1 aromatic heterocycles. The monoisotopic (exact) mass is 367 g/mol. The highest BCUT2D eigenvalue weighted by Gasteiger charge is 2.27. The second kappa shape index (κ2) is 6.20. The molecule has 2 aromatic rings. The topological polar surface area (TPSA) is 47.0 Å². The molecule has 0 unspecified atom stereocenters. The lowest BCUT2D eigenvalue weighted by molar-refractivity contribution is 0.410. The van der Waals surface area contributed by atoms with Crippen molar-refractivity contribution in [3.63, 3.8) is 0 Å². The van der Waals surface area contributed by atoms with Crippen LogP contribution in [0.3, 0.4) is 0 Å². The van der Waals surface area contributed by atoms with E-state index in [4.69, 9.17) is 16.3 Å². The van der Waals surface area contributed by atoms with Crippen LogP contribution in [-0.2, 0) is 6.54 Å². The third-order valence-electron chi connectivity index (χ3n) is 3.40. The van der Waals surface area contributed by atoms with Crippen LogP contribution >= 0.6 is 27.5 Å². The molecule has 1 fully saturated rings. The summed E-state index contributed by atoms with van der Waals surface area (Å²) in [5, 5.41) is 3.97. The smallest absolute Gasteiger partial charge is 0.135 e. The average molecular weight is 369 g/mol. The number of halogens is 2. The first-order valence-corrected chi connectivity index (χ1v) is 7.94. The summed E-state index contributed by atoms with van der Waals surface area (Å²) in [4.78, 5) is 8.98. The van der Waals surface area contributed by atoms with Crippen molar-refractivity contribution in [2.45, 2.75) is 25.3 Å². The molecule has 0 aliphatic heterocycles. The molecule has 1 heterocycles. The van der Waals surface area contributed by atoms with Gasteiger partial charge in [-0.2, -0.15) is 0 Å². The summed E-state index contributed by atoms with van der Waals surface area (Å²) < 4.78 is 6.14. The van der Waals surface area contributed by atoms with E-state index in [0.29, 0.717) is 17.5 Å². The average Bonchev–Trinajstić information content (AvgIpc) is 3.29. The van der Waals surface area contributed by atoms with E-state index in [9.17, 15) is 0 Å². The maximum Gasteiger partial charge on any atom is 0.135 e. The van der Waals surface area contributed by atoms with Gasteiger partial charge in [-0.15, -0.1) is 0 Å². The molecule has 1 aliphatic rings. The van der Waals surface area contributed by atoms with Gasteiger partial charge in [-0.3, -0.25) is 0 Å². The van der Waals surface area contributed by atoms with Crippen LogP contribution in [0.25, 0.3) is 0 Å². The standard InChI is InChI=1S/C15H15BrClN3O/c1-21-12-4-2-3-11(17)10(12)8-18-14-7-13(16)19-15(20-14)9-5-6-9/h2-4,7,9H,5-6,8H2,1H3,(H,18,19,20). The van der Waals surface area contributed by atoms with Gasteiger partial charge in [0.1, 0.15) is 22.0 Å². The Morgan fingerprint density at radius 2 is 2.19 bits per heavy atom. The molecule has 110 valence electrons. The normalized spacial score (nSPS) is 14.0. The van der Waals surface area contributed by atoms with Gasteiger partial charge >= 0.3 is 0 Å². The number of aromatic nitrogens is 2. The lowest BCUT2D eigenvalue weighted by Gasteiger charge is -2.12. The Hall–Kier alpha value is -1.33. The number of benzene rings is 1. The first-order chi connectivity index (χ1) is 10.2. The number of methoxy groups -OCH3 is 1. The number of rotatable bonds is 5. The molecule has 0 spiro atoms. The van der Waals surface area contributed by atoms with Gasteiger partial charge in [0.25, 0.3) is 0 Å². The Kier molecular flexibility index (Phi) is 4.31. The Labute approximate surface area is 137 Å². The van der Waals surface area contributed by atoms with Gasteiger partial charge in [0.15, 0.2) is 0 Å². The zero-order valence-electron chi connectivity index (χ0n) is 11.6. The van der Waals surface area contributed by atoms with Crippen LogP contribution in [0.2, 0.25) is 5.02 Å². The molecule has 4 nitrogen and oxygen atoms in total. The largest absolute Gasteiger partial charge is 0.496 e. The zero-order chi connectivity index (χ0) is 14.8. The molecule has 6 heteroatoms. The van der Waals surface area contributed by atoms with Crippen molar-refractivity contribution in [2.75, 3.05) is 12.4 Å². The number of ether oxygens (including phenoxy) is 1. The second-order valence-corrected chi connectivity index (χ2v) is 6.20. The fourth-order valence-corrected chi connectivity index (χ4v) is 2.76. The molecule has 0 amide bonds. The highest BCUT2D eigenvalue weighted by molar-refractivity contribution is 9.10. The van der Waals surface area contributed by atoms with Crippen molar-refractivity contribution in [1.29, 1.82) is 0 Å². The predicted molar refractivity (Wildman–Crippen MR) is 87.0 cm³/mol. The van der Waals surface area contributed by atoms with Gasteiger partial charge in [0, 0.05) is 29.1 Å². The minimum Gasteiger partial charge on any atom is -0.496 e. The van der Waals surface area contributed by atoms with E-state index < -0.39 is 0 Å². The van der Waals surface area contributed by atoms with Crippen LogP contribution in [0.4, 0.5) is 5.82 Å². The molecule has 1 aliphatic carbocycles. The van der Waals surface area contributed by atoms with Crippen LogP contribution in [0.1, 0.15) is 30.1 Å². The van der Waals surface area contributed by atoms with Gasteiger partial charge in [0.2, 0.25) is 0 Å². The minimum atomic E-state index is 0.512. The van der Waals surface area contributed by atoms with E-state index in [0.717, 1.165) is 27.6 Å². The van der Waals surface area contributed by atoms with Gasteiger partial charge in [-0.05, 0) is 40.9 Å². The molecular weight excluding hydrogens is 354 g/mol. The van der Waals surface area contributed by atoms with E-state index in [1.54, 1.807) is 7.11 Å². The van der Waals surface area contributed by atoms with Gasteiger partial charge < -0.3 is 10.1 Å². The van der Waals surface area contributed by atoms with E-state index in [2.05, 4.69) is 31.2 Å². The van der Waals surface area contributed by atoms with E-state index in [1.165, 1.54) is 12.8 Å². The number of nitrogens with one attached hydrogen (secondary N) is 1. The van der Waals surface area contributed by atoms with Crippen molar-refractivity contribution in [3.8, 4) is 5.75 Å². The first kappa shape index (κ1) is 14.6. The van der Waals surface area contributed by atoms with Gasteiger partial charge in [-0.1, -0.05) is 17.7 Å². The van der Waals surface area contributed by atoms with Crippen LogP contribution in [0.15, 0.2) is 28.9 Å². The molecule has 0 atom stereocenters. The van der Waals surface area contributed by atoms with Crippen LogP contribution in [0, 0.1) is 0 Å². The maximum absolute atomic E-state index is 6.24. The van der Waals surface area contributed by atoms with E-state index in [1.807, 2.05) is 24.3 Å². The summed E-state index contributed by atoms with van der Waals surface area (Å²) in [7, 11) is 1.64. The van der Waals surface area contributed by atoms with Gasteiger partial charge in [0.05, 0.1) is 7.11 Å². The molecule has 0 radical (unpaired) electrons. The third-order valence-corrected chi connectivity index (χ3v) is 4.16. The summed E-state index contributed by atoms with van der Waals surface area (Å²) in [5.41, 5.74) is 0.921. The highest BCUT2D eigenvalue weighted by atomic mass is 79.9. The molecule has 3 rings (SSSR count). The summed E-state index contributed by atoms with van der Waals surface area (Å²) in [6.45, 7) is 0.552. The Bertz CT molecular complexity index is 661. The fourth-order valence-electron chi connectivity index (χ4n) is 2.13. The van der Waals surface area contributed by atoms with Crippen LogP contribution in [0.5, 0.6) is 5.75 Å². The Balaban J connectivity index is 1.79. The van der Waals surface area contributed by atoms with Gasteiger partial charge in [-0.25, -0.2) is 9.97 Å². The molecule has 0 bridgehead atoms. The number of nitrogens with zero attached hydrogens (tertiary/aromatic N) is 2.